The van der Waals surface area contributed by atoms with Crippen LogP contribution < -0.4 is 5.32 Å². The molecule has 1 aliphatic rings. The summed E-state index contributed by atoms with van der Waals surface area (Å²) in [4.78, 5) is 18.1. The molecular formula is C13H15Br2N3O. The molecule has 0 atom stereocenters. The number of carbonyl (C=O) groups is 1. The van der Waals surface area contributed by atoms with Crippen molar-refractivity contribution < 1.29 is 4.79 Å². The van der Waals surface area contributed by atoms with Gasteiger partial charge in [0.15, 0.2) is 0 Å². The lowest BCUT2D eigenvalue weighted by Gasteiger charge is -2.25. The van der Waals surface area contributed by atoms with Crippen molar-refractivity contribution in [1.82, 2.24) is 4.90 Å². The van der Waals surface area contributed by atoms with E-state index >= 15 is 0 Å². The van der Waals surface area contributed by atoms with Crippen LogP contribution in [0, 0.1) is 0 Å². The first kappa shape index (κ1) is 14.5. The molecule has 1 aromatic carbocycles. The fraction of sp³-hybridized carbons (Fsp3) is 0.385. The number of hydrogen-bond acceptors (Lipinski definition) is 1. The van der Waals surface area contributed by atoms with E-state index in [9.17, 15) is 4.79 Å². The number of aliphatic imine (C=N–C) groups is 1. The molecule has 0 spiro atoms. The van der Waals surface area contributed by atoms with Crippen LogP contribution in [0.5, 0.6) is 0 Å². The number of anilines is 1. The van der Waals surface area contributed by atoms with Crippen molar-refractivity contribution in [2.45, 2.75) is 19.3 Å². The summed E-state index contributed by atoms with van der Waals surface area (Å²) in [5.74, 6) is 0.854. The third kappa shape index (κ3) is 3.79. The average Bonchev–Trinajstić information content (AvgIpc) is 2.37. The van der Waals surface area contributed by atoms with Crippen LogP contribution in [0.25, 0.3) is 0 Å². The van der Waals surface area contributed by atoms with Gasteiger partial charge in [0.05, 0.1) is 5.69 Å². The normalized spacial score (nSPS) is 17.6. The van der Waals surface area contributed by atoms with Crippen molar-refractivity contribution >= 4 is 49.4 Å². The second-order valence-corrected chi connectivity index (χ2v) is 6.14. The molecular weight excluding hydrogens is 374 g/mol. The van der Waals surface area contributed by atoms with Gasteiger partial charge >= 0.3 is 6.03 Å². The SMILES string of the molecule is CN1CCCC/C1=N/C(=O)Nc1c(Br)cccc1Br. The topological polar surface area (TPSA) is 44.7 Å². The lowest BCUT2D eigenvalue weighted by atomic mass is 10.1. The number of carbonyl (C=O) groups excluding carboxylic acids is 1. The summed E-state index contributed by atoms with van der Waals surface area (Å²) < 4.78 is 1.65. The number of piperidine rings is 1. The fourth-order valence-electron chi connectivity index (χ4n) is 1.96. The van der Waals surface area contributed by atoms with Crippen molar-refractivity contribution in [3.8, 4) is 0 Å². The van der Waals surface area contributed by atoms with Crippen molar-refractivity contribution in [2.75, 3.05) is 18.9 Å². The minimum Gasteiger partial charge on any atom is -0.363 e. The highest BCUT2D eigenvalue weighted by atomic mass is 79.9. The average molecular weight is 389 g/mol. The van der Waals surface area contributed by atoms with Crippen LogP contribution in [0.2, 0.25) is 0 Å². The molecule has 1 aliphatic heterocycles. The van der Waals surface area contributed by atoms with Crippen molar-refractivity contribution in [1.29, 1.82) is 0 Å². The standard InChI is InChI=1S/C13H15Br2N3O/c1-18-8-3-2-7-11(18)16-13(19)17-12-9(14)5-4-6-10(12)15/h4-6H,2-3,7-8H2,1H3,(H,17,19)/b16-11-. The van der Waals surface area contributed by atoms with Crippen LogP contribution in [-0.4, -0.2) is 30.4 Å². The van der Waals surface area contributed by atoms with Crippen molar-refractivity contribution in [3.63, 3.8) is 0 Å². The summed E-state index contributed by atoms with van der Waals surface area (Å²) in [6.07, 6.45) is 3.11. The Hall–Kier alpha value is -0.880. The smallest absolute Gasteiger partial charge is 0.347 e. The number of urea groups is 1. The molecule has 4 nitrogen and oxygen atoms in total. The van der Waals surface area contributed by atoms with Gasteiger partial charge in [0.1, 0.15) is 5.84 Å². The molecule has 0 saturated carbocycles. The molecule has 2 amide bonds. The van der Waals surface area contributed by atoms with E-state index in [0.29, 0.717) is 5.69 Å². The molecule has 0 aromatic heterocycles. The van der Waals surface area contributed by atoms with E-state index < -0.39 is 0 Å². The second-order valence-electron chi connectivity index (χ2n) is 4.43. The number of amides is 2. The number of halogens is 2. The quantitative estimate of drug-likeness (QED) is 0.781. The Kier molecular flexibility index (Phi) is 4.99. The highest BCUT2D eigenvalue weighted by Gasteiger charge is 2.15. The molecule has 1 heterocycles. The Labute approximate surface area is 129 Å². The van der Waals surface area contributed by atoms with Gasteiger partial charge in [-0.3, -0.25) is 0 Å². The highest BCUT2D eigenvalue weighted by Crippen LogP contribution is 2.30. The van der Waals surface area contributed by atoms with E-state index in [4.69, 9.17) is 0 Å². The molecule has 1 aromatic rings. The van der Waals surface area contributed by atoms with Crippen LogP contribution in [-0.2, 0) is 0 Å². The van der Waals surface area contributed by atoms with Gasteiger partial charge in [-0.05, 0) is 56.8 Å². The lowest BCUT2D eigenvalue weighted by Crippen LogP contribution is -2.32. The van der Waals surface area contributed by atoms with Crippen molar-refractivity contribution in [3.05, 3.63) is 27.1 Å². The first-order valence-corrected chi connectivity index (χ1v) is 7.70. The van der Waals surface area contributed by atoms with Crippen molar-refractivity contribution in [2.24, 2.45) is 4.99 Å². The number of rotatable bonds is 1. The molecule has 19 heavy (non-hydrogen) atoms. The summed E-state index contributed by atoms with van der Waals surface area (Å²) in [7, 11) is 1.97. The van der Waals surface area contributed by atoms with E-state index in [1.165, 1.54) is 0 Å². The first-order valence-electron chi connectivity index (χ1n) is 6.11. The maximum Gasteiger partial charge on any atom is 0.347 e. The zero-order valence-corrected chi connectivity index (χ0v) is 13.8. The van der Waals surface area contributed by atoms with E-state index in [1.807, 2.05) is 30.1 Å². The number of benzene rings is 1. The Morgan fingerprint density at radius 3 is 2.63 bits per heavy atom. The Morgan fingerprint density at radius 1 is 1.32 bits per heavy atom. The number of nitrogens with one attached hydrogen (secondary N) is 1. The summed E-state index contributed by atoms with van der Waals surface area (Å²) in [6.45, 7) is 0.963. The molecule has 0 radical (unpaired) electrons. The maximum absolute atomic E-state index is 12.0. The largest absolute Gasteiger partial charge is 0.363 e. The molecule has 102 valence electrons. The van der Waals surface area contributed by atoms with Crippen LogP contribution in [0.1, 0.15) is 19.3 Å². The van der Waals surface area contributed by atoms with Gasteiger partial charge in [0, 0.05) is 29.0 Å². The van der Waals surface area contributed by atoms with Gasteiger partial charge in [0.25, 0.3) is 0 Å². The van der Waals surface area contributed by atoms with Gasteiger partial charge in [-0.25, -0.2) is 4.79 Å². The molecule has 0 bridgehead atoms. The van der Waals surface area contributed by atoms with Gasteiger partial charge in [-0.15, -0.1) is 0 Å². The molecule has 6 heteroatoms. The second kappa shape index (κ2) is 6.52. The number of nitrogens with zero attached hydrogens (tertiary/aromatic N) is 2. The molecule has 0 aliphatic carbocycles. The minimum absolute atomic E-state index is 0.337. The number of para-hydroxylation sites is 1. The van der Waals surface area contributed by atoms with Gasteiger partial charge < -0.3 is 10.2 Å². The monoisotopic (exact) mass is 387 g/mol. The summed E-state index contributed by atoms with van der Waals surface area (Å²) in [5, 5.41) is 2.80. The third-order valence-corrected chi connectivity index (χ3v) is 4.33. The van der Waals surface area contributed by atoms with Crippen LogP contribution in [0.4, 0.5) is 10.5 Å². The number of hydrogen-bond donors (Lipinski definition) is 1. The number of likely N-dealkylation sites (tertiary alicyclic amines) is 1. The van der Waals surface area contributed by atoms with E-state index in [2.05, 4.69) is 42.2 Å². The zero-order chi connectivity index (χ0) is 13.8. The van der Waals surface area contributed by atoms with Gasteiger partial charge in [-0.2, -0.15) is 4.99 Å². The van der Waals surface area contributed by atoms with Gasteiger partial charge in [0.2, 0.25) is 0 Å². The third-order valence-electron chi connectivity index (χ3n) is 3.01. The molecule has 1 saturated heterocycles. The Bertz CT molecular complexity index is 496. The summed E-state index contributed by atoms with van der Waals surface area (Å²) in [6, 6.07) is 5.31. The summed E-state index contributed by atoms with van der Waals surface area (Å²) in [5.41, 5.74) is 0.704. The molecule has 1 fully saturated rings. The lowest BCUT2D eigenvalue weighted by molar-refractivity contribution is 0.259. The molecule has 1 N–H and O–H groups in total. The highest BCUT2D eigenvalue weighted by molar-refractivity contribution is 9.11. The van der Waals surface area contributed by atoms with E-state index in [-0.39, 0.29) is 6.03 Å². The van der Waals surface area contributed by atoms with Gasteiger partial charge in [-0.1, -0.05) is 6.07 Å². The fourth-order valence-corrected chi connectivity index (χ4v) is 3.16. The van der Waals surface area contributed by atoms with Crippen LogP contribution >= 0.6 is 31.9 Å². The van der Waals surface area contributed by atoms with Crippen LogP contribution in [0.3, 0.4) is 0 Å². The zero-order valence-electron chi connectivity index (χ0n) is 10.6. The first-order chi connectivity index (χ1) is 9.08. The molecule has 2 rings (SSSR count). The predicted octanol–water partition coefficient (Wildman–Crippen LogP) is 4.26. The Balaban J connectivity index is 2.11. The number of amidine groups is 1. The van der Waals surface area contributed by atoms with E-state index in [1.54, 1.807) is 0 Å². The maximum atomic E-state index is 12.0. The summed E-state index contributed by atoms with van der Waals surface area (Å²) >= 11 is 6.82. The Morgan fingerprint density at radius 2 is 2.00 bits per heavy atom. The molecule has 0 unspecified atom stereocenters. The van der Waals surface area contributed by atoms with Crippen LogP contribution in [0.15, 0.2) is 32.1 Å². The minimum atomic E-state index is -0.337. The predicted molar refractivity (Wildman–Crippen MR) is 84.8 cm³/mol. The van der Waals surface area contributed by atoms with E-state index in [0.717, 1.165) is 40.6 Å².